The maximum absolute atomic E-state index is 5.78. The number of methoxy groups -OCH3 is 1. The van der Waals surface area contributed by atoms with Gasteiger partial charge < -0.3 is 9.64 Å². The quantitative estimate of drug-likeness (QED) is 0.805. The molecule has 0 spiro atoms. The summed E-state index contributed by atoms with van der Waals surface area (Å²) in [6.45, 7) is 2.10. The summed E-state index contributed by atoms with van der Waals surface area (Å²) in [5.41, 5.74) is 0. The van der Waals surface area contributed by atoms with Crippen molar-refractivity contribution in [1.82, 2.24) is 15.0 Å². The minimum absolute atomic E-state index is 0.144. The average molecular weight is 263 g/mol. The smallest absolute Gasteiger partial charge is 0.322 e. The molecule has 0 aromatic carbocycles. The fourth-order valence-electron chi connectivity index (χ4n) is 1.12. The fourth-order valence-corrected chi connectivity index (χ4v) is 1.98. The summed E-state index contributed by atoms with van der Waals surface area (Å²) >= 11 is 7.55. The Morgan fingerprint density at radius 2 is 2.12 bits per heavy atom. The Morgan fingerprint density at radius 3 is 2.69 bits per heavy atom. The van der Waals surface area contributed by atoms with Gasteiger partial charge in [-0.25, -0.2) is 0 Å². The van der Waals surface area contributed by atoms with E-state index >= 15 is 0 Å². The van der Waals surface area contributed by atoms with Gasteiger partial charge in [0.1, 0.15) is 0 Å². The molecular formula is C9H15ClN4OS. The van der Waals surface area contributed by atoms with Crippen molar-refractivity contribution in [2.45, 2.75) is 13.0 Å². The van der Waals surface area contributed by atoms with Crippen molar-refractivity contribution in [2.75, 3.05) is 31.1 Å². The summed E-state index contributed by atoms with van der Waals surface area (Å²) in [7, 11) is 3.42. The zero-order valence-electron chi connectivity index (χ0n) is 9.77. The molecule has 1 rings (SSSR count). The van der Waals surface area contributed by atoms with Crippen LogP contribution < -0.4 is 9.64 Å². The molecule has 5 nitrogen and oxygen atoms in total. The van der Waals surface area contributed by atoms with E-state index in [1.165, 1.54) is 7.11 Å². The van der Waals surface area contributed by atoms with Gasteiger partial charge >= 0.3 is 6.01 Å². The zero-order valence-corrected chi connectivity index (χ0v) is 11.3. The summed E-state index contributed by atoms with van der Waals surface area (Å²) in [5, 5.41) is 0.144. The Balaban J connectivity index is 2.89. The number of nitrogens with zero attached hydrogens (tertiary/aromatic N) is 4. The predicted molar refractivity (Wildman–Crippen MR) is 67.6 cm³/mol. The molecule has 0 radical (unpaired) electrons. The van der Waals surface area contributed by atoms with Crippen LogP contribution in [0.15, 0.2) is 0 Å². The van der Waals surface area contributed by atoms with Gasteiger partial charge in [0.25, 0.3) is 0 Å². The highest BCUT2D eigenvalue weighted by Crippen LogP contribution is 2.16. The Morgan fingerprint density at radius 1 is 1.44 bits per heavy atom. The van der Waals surface area contributed by atoms with E-state index in [9.17, 15) is 0 Å². The van der Waals surface area contributed by atoms with Crippen LogP contribution >= 0.6 is 23.4 Å². The van der Waals surface area contributed by atoms with E-state index in [-0.39, 0.29) is 11.3 Å². The monoisotopic (exact) mass is 262 g/mol. The van der Waals surface area contributed by atoms with Crippen LogP contribution in [-0.4, -0.2) is 47.2 Å². The van der Waals surface area contributed by atoms with E-state index in [0.29, 0.717) is 12.0 Å². The van der Waals surface area contributed by atoms with Crippen molar-refractivity contribution >= 4 is 29.3 Å². The van der Waals surface area contributed by atoms with Gasteiger partial charge in [0.05, 0.1) is 7.11 Å². The van der Waals surface area contributed by atoms with Crippen LogP contribution in [0, 0.1) is 0 Å². The van der Waals surface area contributed by atoms with Crippen molar-refractivity contribution in [3.05, 3.63) is 5.28 Å². The molecule has 1 aromatic heterocycles. The summed E-state index contributed by atoms with van der Waals surface area (Å²) < 4.78 is 4.95. The molecule has 0 amide bonds. The van der Waals surface area contributed by atoms with E-state index in [1.54, 1.807) is 11.8 Å². The van der Waals surface area contributed by atoms with Crippen molar-refractivity contribution < 1.29 is 4.74 Å². The first kappa shape index (κ1) is 13.3. The van der Waals surface area contributed by atoms with Gasteiger partial charge in [-0.2, -0.15) is 26.7 Å². The lowest BCUT2D eigenvalue weighted by atomic mass is 10.3. The highest BCUT2D eigenvalue weighted by Gasteiger charge is 2.14. The molecule has 1 atom stereocenters. The van der Waals surface area contributed by atoms with Crippen LogP contribution in [0.4, 0.5) is 5.95 Å². The van der Waals surface area contributed by atoms with Crippen molar-refractivity contribution in [1.29, 1.82) is 0 Å². The molecule has 0 saturated heterocycles. The summed E-state index contributed by atoms with van der Waals surface area (Å²) in [5.74, 6) is 1.51. The molecule has 0 aliphatic rings. The summed E-state index contributed by atoms with van der Waals surface area (Å²) in [6.07, 6.45) is 2.06. The first-order chi connectivity index (χ1) is 7.58. The molecule has 0 saturated carbocycles. The third-order valence-corrected chi connectivity index (χ3v) is 3.13. The van der Waals surface area contributed by atoms with Crippen LogP contribution in [0.25, 0.3) is 0 Å². The number of anilines is 1. The molecule has 16 heavy (non-hydrogen) atoms. The van der Waals surface area contributed by atoms with Crippen molar-refractivity contribution in [2.24, 2.45) is 0 Å². The standard InChI is InChI=1S/C9H15ClN4OS/c1-6(5-16-4)14(2)8-11-7(10)12-9(13-8)15-3/h6H,5H2,1-4H3. The second-order valence-electron chi connectivity index (χ2n) is 3.31. The van der Waals surface area contributed by atoms with Crippen LogP contribution in [0.5, 0.6) is 6.01 Å². The second kappa shape index (κ2) is 6.10. The number of rotatable bonds is 5. The van der Waals surface area contributed by atoms with Gasteiger partial charge in [-0.15, -0.1) is 0 Å². The summed E-state index contributed by atoms with van der Waals surface area (Å²) in [6, 6.07) is 0.552. The largest absolute Gasteiger partial charge is 0.467 e. The summed E-state index contributed by atoms with van der Waals surface area (Å²) in [4.78, 5) is 14.0. The molecule has 0 aliphatic carbocycles. The highest BCUT2D eigenvalue weighted by molar-refractivity contribution is 7.98. The van der Waals surface area contributed by atoms with Gasteiger partial charge in [0.15, 0.2) is 0 Å². The van der Waals surface area contributed by atoms with E-state index in [2.05, 4.69) is 28.1 Å². The van der Waals surface area contributed by atoms with Gasteiger partial charge in [0, 0.05) is 18.8 Å². The van der Waals surface area contributed by atoms with Gasteiger partial charge in [-0.3, -0.25) is 0 Å². The molecule has 1 unspecified atom stereocenters. The first-order valence-electron chi connectivity index (χ1n) is 4.75. The van der Waals surface area contributed by atoms with E-state index < -0.39 is 0 Å². The van der Waals surface area contributed by atoms with E-state index in [1.807, 2.05) is 11.9 Å². The van der Waals surface area contributed by atoms with Gasteiger partial charge in [0.2, 0.25) is 11.2 Å². The van der Waals surface area contributed by atoms with Crippen molar-refractivity contribution in [3.63, 3.8) is 0 Å². The molecular weight excluding hydrogens is 248 g/mol. The Bertz CT molecular complexity index is 352. The van der Waals surface area contributed by atoms with Crippen LogP contribution in [0.3, 0.4) is 0 Å². The molecule has 90 valence electrons. The number of halogens is 1. The minimum atomic E-state index is 0.144. The third kappa shape index (κ3) is 3.38. The Labute approximate surface area is 105 Å². The molecule has 7 heteroatoms. The Hall–Kier alpha value is -0.750. The number of thioether (sulfide) groups is 1. The maximum atomic E-state index is 5.78. The number of hydrogen-bond acceptors (Lipinski definition) is 6. The SMILES string of the molecule is COc1nc(Cl)nc(N(C)C(C)CSC)n1. The van der Waals surface area contributed by atoms with Gasteiger partial charge in [-0.05, 0) is 24.8 Å². The number of aromatic nitrogens is 3. The van der Waals surface area contributed by atoms with E-state index in [4.69, 9.17) is 16.3 Å². The maximum Gasteiger partial charge on any atom is 0.322 e. The predicted octanol–water partition coefficient (Wildman–Crippen LogP) is 1.72. The second-order valence-corrected chi connectivity index (χ2v) is 4.56. The fraction of sp³-hybridized carbons (Fsp3) is 0.667. The van der Waals surface area contributed by atoms with E-state index in [0.717, 1.165) is 5.75 Å². The molecule has 0 N–H and O–H groups in total. The molecule has 0 bridgehead atoms. The average Bonchev–Trinajstić information content (AvgIpc) is 2.27. The lowest BCUT2D eigenvalue weighted by Gasteiger charge is -2.24. The minimum Gasteiger partial charge on any atom is -0.467 e. The topological polar surface area (TPSA) is 51.1 Å². The Kier molecular flexibility index (Phi) is 5.08. The lowest BCUT2D eigenvalue weighted by molar-refractivity contribution is 0.378. The molecule has 0 aliphatic heterocycles. The van der Waals surface area contributed by atoms with Crippen molar-refractivity contribution in [3.8, 4) is 6.01 Å². The molecule has 1 heterocycles. The van der Waals surface area contributed by atoms with Crippen LogP contribution in [0.2, 0.25) is 5.28 Å². The lowest BCUT2D eigenvalue weighted by Crippen LogP contribution is -2.32. The zero-order chi connectivity index (χ0) is 12.1. The number of ether oxygens (including phenoxy) is 1. The normalized spacial score (nSPS) is 12.3. The molecule has 1 aromatic rings. The molecule has 0 fully saturated rings. The first-order valence-corrected chi connectivity index (χ1v) is 6.53. The van der Waals surface area contributed by atoms with Gasteiger partial charge in [-0.1, -0.05) is 0 Å². The van der Waals surface area contributed by atoms with Crippen LogP contribution in [-0.2, 0) is 0 Å². The highest BCUT2D eigenvalue weighted by atomic mass is 35.5. The third-order valence-electron chi connectivity index (χ3n) is 2.14. The van der Waals surface area contributed by atoms with Crippen LogP contribution in [0.1, 0.15) is 6.92 Å². The number of hydrogen-bond donors (Lipinski definition) is 0.